The second-order valence-corrected chi connectivity index (χ2v) is 6.29. The molecule has 2 aliphatic carbocycles. The van der Waals surface area contributed by atoms with Crippen LogP contribution in [-0.4, -0.2) is 30.9 Å². The molecule has 5 heteroatoms. The quantitative estimate of drug-likeness (QED) is 0.649. The van der Waals surface area contributed by atoms with Crippen LogP contribution in [0.15, 0.2) is 0 Å². The van der Waals surface area contributed by atoms with Crippen molar-refractivity contribution in [2.45, 2.75) is 57.4 Å². The van der Waals surface area contributed by atoms with E-state index in [0.29, 0.717) is 24.8 Å². The van der Waals surface area contributed by atoms with Crippen LogP contribution < -0.4 is 16.4 Å². The lowest BCUT2D eigenvalue weighted by Crippen LogP contribution is -2.43. The number of carbonyl (C=O) groups is 2. The minimum atomic E-state index is -0.141. The summed E-state index contributed by atoms with van der Waals surface area (Å²) in [4.78, 5) is 23.4. The topological polar surface area (TPSA) is 84.2 Å². The van der Waals surface area contributed by atoms with Gasteiger partial charge in [0.05, 0.1) is 6.54 Å². The van der Waals surface area contributed by atoms with Crippen LogP contribution >= 0.6 is 0 Å². The van der Waals surface area contributed by atoms with Crippen molar-refractivity contribution in [1.29, 1.82) is 0 Å². The molecule has 0 aromatic heterocycles. The lowest BCUT2D eigenvalue weighted by Gasteiger charge is -2.20. The Labute approximate surface area is 121 Å². The van der Waals surface area contributed by atoms with Crippen LogP contribution in [-0.2, 0) is 9.59 Å². The van der Waals surface area contributed by atoms with Gasteiger partial charge >= 0.3 is 0 Å². The number of rotatable bonds is 7. The van der Waals surface area contributed by atoms with Crippen molar-refractivity contribution in [2.75, 3.05) is 13.1 Å². The van der Waals surface area contributed by atoms with E-state index in [2.05, 4.69) is 10.6 Å². The van der Waals surface area contributed by atoms with Gasteiger partial charge in [-0.1, -0.05) is 19.3 Å². The van der Waals surface area contributed by atoms with E-state index in [1.54, 1.807) is 0 Å². The Morgan fingerprint density at radius 1 is 1.00 bits per heavy atom. The Hall–Kier alpha value is -1.10. The predicted molar refractivity (Wildman–Crippen MR) is 77.9 cm³/mol. The van der Waals surface area contributed by atoms with Crippen molar-refractivity contribution in [1.82, 2.24) is 10.6 Å². The number of nitrogens with one attached hydrogen (secondary N) is 2. The van der Waals surface area contributed by atoms with Crippen LogP contribution in [0.4, 0.5) is 0 Å². The molecule has 0 spiro atoms. The first-order valence-electron chi connectivity index (χ1n) is 7.94. The van der Waals surface area contributed by atoms with E-state index in [1.807, 2.05) is 0 Å². The zero-order valence-corrected chi connectivity index (χ0v) is 12.2. The number of hydrogen-bond donors (Lipinski definition) is 3. The third-order valence-corrected chi connectivity index (χ3v) is 4.41. The Morgan fingerprint density at radius 3 is 2.35 bits per heavy atom. The summed E-state index contributed by atoms with van der Waals surface area (Å²) in [5, 5.41) is 5.49. The zero-order valence-electron chi connectivity index (χ0n) is 12.2. The summed E-state index contributed by atoms with van der Waals surface area (Å²) < 4.78 is 0. The normalized spacial score (nSPS) is 21.2. The average molecular weight is 281 g/mol. The van der Waals surface area contributed by atoms with Crippen LogP contribution in [0.3, 0.4) is 0 Å². The highest BCUT2D eigenvalue weighted by Gasteiger charge is 2.28. The maximum absolute atomic E-state index is 11.8. The van der Waals surface area contributed by atoms with Crippen LogP contribution in [0.5, 0.6) is 0 Å². The molecule has 0 aromatic rings. The van der Waals surface area contributed by atoms with Crippen molar-refractivity contribution in [3.05, 3.63) is 0 Å². The fourth-order valence-corrected chi connectivity index (χ4v) is 2.89. The van der Waals surface area contributed by atoms with Crippen LogP contribution in [0.1, 0.15) is 51.4 Å². The average Bonchev–Trinajstić information content (AvgIpc) is 3.28. The summed E-state index contributed by atoms with van der Waals surface area (Å²) in [5.74, 6) is 0.947. The lowest BCUT2D eigenvalue weighted by molar-refractivity contribution is -0.126. The molecule has 0 radical (unpaired) electrons. The van der Waals surface area contributed by atoms with E-state index >= 15 is 0 Å². The molecule has 5 nitrogen and oxygen atoms in total. The molecule has 0 aromatic carbocycles. The lowest BCUT2D eigenvalue weighted by atomic mass is 9.87. The van der Waals surface area contributed by atoms with Gasteiger partial charge in [0, 0.05) is 19.0 Å². The first kappa shape index (κ1) is 15.3. The Balaban J connectivity index is 1.53. The third kappa shape index (κ3) is 5.49. The molecule has 0 aliphatic heterocycles. The maximum Gasteiger partial charge on any atom is 0.239 e. The van der Waals surface area contributed by atoms with Gasteiger partial charge in [-0.25, -0.2) is 0 Å². The second-order valence-electron chi connectivity index (χ2n) is 6.29. The highest BCUT2D eigenvalue weighted by atomic mass is 16.2. The Bertz CT molecular complexity index is 336. The molecule has 20 heavy (non-hydrogen) atoms. The van der Waals surface area contributed by atoms with Gasteiger partial charge in [0.1, 0.15) is 0 Å². The van der Waals surface area contributed by atoms with Gasteiger partial charge < -0.3 is 16.4 Å². The molecule has 2 amide bonds. The van der Waals surface area contributed by atoms with Crippen molar-refractivity contribution in [3.8, 4) is 0 Å². The highest BCUT2D eigenvalue weighted by molar-refractivity contribution is 5.84. The summed E-state index contributed by atoms with van der Waals surface area (Å²) in [6.45, 7) is 0.588. The second kappa shape index (κ2) is 7.62. The van der Waals surface area contributed by atoms with Crippen molar-refractivity contribution in [2.24, 2.45) is 17.6 Å². The number of nitrogens with two attached hydrogens (primary N) is 1. The standard InChI is InChI=1S/C15H27N3O2/c16-13(12-6-7-12)9-17-15(20)10-18-14(19)8-11-4-2-1-3-5-11/h11-13H,1-10,16H2,(H,17,20)(H,18,19). The number of amides is 2. The SMILES string of the molecule is NC(CNC(=O)CNC(=O)CC1CCCCC1)C1CC1. The van der Waals surface area contributed by atoms with Crippen molar-refractivity contribution in [3.63, 3.8) is 0 Å². The van der Waals surface area contributed by atoms with Gasteiger partial charge in [-0.15, -0.1) is 0 Å². The van der Waals surface area contributed by atoms with Gasteiger partial charge in [-0.3, -0.25) is 9.59 Å². The summed E-state index contributed by atoms with van der Waals surface area (Å²) in [7, 11) is 0. The van der Waals surface area contributed by atoms with Gasteiger partial charge in [0.25, 0.3) is 0 Å². The largest absolute Gasteiger partial charge is 0.353 e. The Morgan fingerprint density at radius 2 is 1.70 bits per heavy atom. The Kier molecular flexibility index (Phi) is 5.83. The minimum absolute atomic E-state index is 0.00135. The molecule has 1 unspecified atom stereocenters. The van der Waals surface area contributed by atoms with Gasteiger partial charge in [0.2, 0.25) is 11.8 Å². The molecule has 2 rings (SSSR count). The van der Waals surface area contributed by atoms with Gasteiger partial charge in [-0.2, -0.15) is 0 Å². The fourth-order valence-electron chi connectivity index (χ4n) is 2.89. The summed E-state index contributed by atoms with van der Waals surface area (Å²) >= 11 is 0. The van der Waals surface area contributed by atoms with E-state index in [4.69, 9.17) is 5.73 Å². The monoisotopic (exact) mass is 281 g/mol. The molecular weight excluding hydrogens is 254 g/mol. The zero-order chi connectivity index (χ0) is 14.4. The molecule has 2 saturated carbocycles. The van der Waals surface area contributed by atoms with Crippen molar-refractivity contribution < 1.29 is 9.59 Å². The summed E-state index contributed by atoms with van der Waals surface area (Å²) in [6, 6.07) is 0.0666. The first-order chi connectivity index (χ1) is 9.65. The number of carbonyl (C=O) groups excluding carboxylic acids is 2. The van der Waals surface area contributed by atoms with E-state index < -0.39 is 0 Å². The summed E-state index contributed by atoms with van der Waals surface area (Å²) in [6.07, 6.45) is 8.97. The smallest absolute Gasteiger partial charge is 0.239 e. The molecular formula is C15H27N3O2. The minimum Gasteiger partial charge on any atom is -0.353 e. The molecule has 2 fully saturated rings. The van der Waals surface area contributed by atoms with Gasteiger partial charge in [-0.05, 0) is 37.5 Å². The summed E-state index contributed by atoms with van der Waals surface area (Å²) in [5.41, 5.74) is 5.90. The molecule has 2 aliphatic rings. The van der Waals surface area contributed by atoms with E-state index in [0.717, 1.165) is 12.8 Å². The molecule has 0 bridgehead atoms. The van der Waals surface area contributed by atoms with Crippen LogP contribution in [0.25, 0.3) is 0 Å². The predicted octanol–water partition coefficient (Wildman–Crippen LogP) is 0.926. The van der Waals surface area contributed by atoms with E-state index in [-0.39, 0.29) is 24.4 Å². The van der Waals surface area contributed by atoms with Crippen molar-refractivity contribution >= 4 is 11.8 Å². The highest BCUT2D eigenvalue weighted by Crippen LogP contribution is 2.31. The van der Waals surface area contributed by atoms with Crippen LogP contribution in [0, 0.1) is 11.8 Å². The molecule has 0 heterocycles. The van der Waals surface area contributed by atoms with E-state index in [9.17, 15) is 9.59 Å². The van der Waals surface area contributed by atoms with Crippen LogP contribution in [0.2, 0.25) is 0 Å². The molecule has 114 valence electrons. The van der Waals surface area contributed by atoms with E-state index in [1.165, 1.54) is 32.1 Å². The fraction of sp³-hybridized carbons (Fsp3) is 0.867. The molecule has 4 N–H and O–H groups in total. The maximum atomic E-state index is 11.8. The third-order valence-electron chi connectivity index (χ3n) is 4.41. The first-order valence-corrected chi connectivity index (χ1v) is 7.94. The number of hydrogen-bond acceptors (Lipinski definition) is 3. The van der Waals surface area contributed by atoms with Gasteiger partial charge in [0.15, 0.2) is 0 Å². The molecule has 0 saturated heterocycles. The molecule has 1 atom stereocenters.